The summed E-state index contributed by atoms with van der Waals surface area (Å²) in [7, 11) is -4.22. The highest BCUT2D eigenvalue weighted by atomic mass is 35.5. The first-order valence-corrected chi connectivity index (χ1v) is 13.2. The zero-order valence-electron chi connectivity index (χ0n) is 18.2. The minimum Gasteiger partial charge on any atom is -0.602 e. The fraction of sp³-hybridized carbons (Fsp3) is 0.571. The van der Waals surface area contributed by atoms with Crippen LogP contribution in [-0.2, 0) is 14.8 Å². The number of nitrogens with zero attached hydrogens (tertiary/aromatic N) is 3. The van der Waals surface area contributed by atoms with Gasteiger partial charge in [-0.1, -0.05) is 42.5 Å². The third-order valence-corrected chi connectivity index (χ3v) is 8.46. The molecule has 9 nitrogen and oxygen atoms in total. The van der Waals surface area contributed by atoms with E-state index >= 15 is 0 Å². The van der Waals surface area contributed by atoms with Gasteiger partial charge in [-0.05, 0) is 43.2 Å². The predicted molar refractivity (Wildman–Crippen MR) is 132 cm³/mol. The SMILES string of the molecule is N=C/C=N\[N-]CCC(NS(=O)(=O)c1c(N)cc(Cl)cc1Cl)C(=O)N1CC[C@@H]2CCCC[C@@H]2C1. The lowest BCUT2D eigenvalue weighted by atomic mass is 9.75. The van der Waals surface area contributed by atoms with E-state index in [-0.39, 0.29) is 39.5 Å². The largest absolute Gasteiger partial charge is 0.602 e. The molecule has 1 amide bonds. The molecule has 0 radical (unpaired) electrons. The van der Waals surface area contributed by atoms with Gasteiger partial charge < -0.3 is 26.6 Å². The van der Waals surface area contributed by atoms with Crippen LogP contribution >= 0.6 is 23.2 Å². The van der Waals surface area contributed by atoms with Gasteiger partial charge in [0.2, 0.25) is 15.9 Å². The number of anilines is 1. The summed E-state index contributed by atoms with van der Waals surface area (Å²) in [5.41, 5.74) is 9.67. The number of amides is 1. The van der Waals surface area contributed by atoms with Crippen molar-refractivity contribution in [3.05, 3.63) is 27.6 Å². The molecule has 1 aromatic rings. The molecule has 3 atom stereocenters. The number of likely N-dealkylation sites (tertiary alicyclic amines) is 1. The molecule has 1 aliphatic heterocycles. The second kappa shape index (κ2) is 11.5. The van der Waals surface area contributed by atoms with Crippen LogP contribution in [0.2, 0.25) is 10.0 Å². The van der Waals surface area contributed by atoms with Crippen molar-refractivity contribution in [1.82, 2.24) is 9.62 Å². The summed E-state index contributed by atoms with van der Waals surface area (Å²) in [5, 5.41) is 10.7. The monoisotopic (exact) mass is 515 g/mol. The van der Waals surface area contributed by atoms with Gasteiger partial charge in [0.05, 0.1) is 16.8 Å². The molecule has 1 heterocycles. The number of rotatable bonds is 9. The Hall–Kier alpha value is -1.88. The molecule has 1 aliphatic carbocycles. The van der Waals surface area contributed by atoms with E-state index in [1.165, 1.54) is 31.2 Å². The molecule has 0 spiro atoms. The second-order valence-corrected chi connectivity index (χ2v) is 10.9. The number of nitrogens with one attached hydrogen (secondary N) is 2. The van der Waals surface area contributed by atoms with E-state index in [1.54, 1.807) is 4.90 Å². The van der Waals surface area contributed by atoms with Gasteiger partial charge in [-0.3, -0.25) is 4.79 Å². The summed E-state index contributed by atoms with van der Waals surface area (Å²) in [6.45, 7) is 1.34. The Morgan fingerprint density at radius 3 is 2.73 bits per heavy atom. The Morgan fingerprint density at radius 1 is 1.30 bits per heavy atom. The number of nitrogen functional groups attached to an aromatic ring is 1. The van der Waals surface area contributed by atoms with Gasteiger partial charge in [-0.2, -0.15) is 4.72 Å². The molecule has 1 unspecified atom stereocenters. The Bertz CT molecular complexity index is 981. The number of halogens is 2. The fourth-order valence-electron chi connectivity index (χ4n) is 4.69. The molecular weight excluding hydrogens is 487 g/mol. The number of carbonyl (C=O) groups excluding carboxylic acids is 1. The average Bonchev–Trinajstić information content (AvgIpc) is 2.76. The quantitative estimate of drug-likeness (QED) is 0.199. The minimum atomic E-state index is -4.22. The molecule has 0 bridgehead atoms. The Morgan fingerprint density at radius 2 is 2.03 bits per heavy atom. The number of sulfonamides is 1. The first kappa shape index (κ1) is 25.7. The van der Waals surface area contributed by atoms with Crippen molar-refractivity contribution in [1.29, 1.82) is 5.41 Å². The third kappa shape index (κ3) is 6.59. The van der Waals surface area contributed by atoms with Gasteiger partial charge >= 0.3 is 0 Å². The van der Waals surface area contributed by atoms with Crippen molar-refractivity contribution in [2.75, 3.05) is 25.4 Å². The average molecular weight is 516 g/mol. The predicted octanol–water partition coefficient (Wildman–Crippen LogP) is 3.66. The van der Waals surface area contributed by atoms with E-state index in [9.17, 15) is 13.2 Å². The summed E-state index contributed by atoms with van der Waals surface area (Å²) < 4.78 is 28.8. The summed E-state index contributed by atoms with van der Waals surface area (Å²) in [6.07, 6.45) is 7.90. The maximum Gasteiger partial charge on any atom is 0.244 e. The smallest absolute Gasteiger partial charge is 0.244 e. The topological polar surface area (TPSA) is 143 Å². The van der Waals surface area contributed by atoms with Gasteiger partial charge in [-0.25, -0.2) is 8.42 Å². The summed E-state index contributed by atoms with van der Waals surface area (Å²) in [4.78, 5) is 14.9. The summed E-state index contributed by atoms with van der Waals surface area (Å²) >= 11 is 12.0. The standard InChI is InChI=1S/C21H29Cl2N6O3S/c22-16-11-17(23)20(18(25)12-16)33(31,32)28-19(5-8-26-27-9-7-24)21(30)29-10-6-14-3-1-2-4-15(14)13-29/h7,9,11-12,14-15,19,28H,1-6,8,10,13,25H2,(H-,24,26)/q-1/t14-,15+,19?/m0/s1. The number of nitrogens with two attached hydrogens (primary N) is 1. The van der Waals surface area contributed by atoms with E-state index < -0.39 is 16.1 Å². The number of fused-ring (bicyclic) bond motifs is 1. The van der Waals surface area contributed by atoms with Crippen LogP contribution in [-0.4, -0.2) is 57.3 Å². The Kier molecular flexibility index (Phi) is 8.97. The van der Waals surface area contributed by atoms with Crippen LogP contribution in [0.3, 0.4) is 0 Å². The van der Waals surface area contributed by atoms with Crippen LogP contribution < -0.4 is 10.5 Å². The molecule has 1 saturated carbocycles. The van der Waals surface area contributed by atoms with Crippen molar-refractivity contribution < 1.29 is 13.2 Å². The van der Waals surface area contributed by atoms with E-state index in [0.29, 0.717) is 24.9 Å². The minimum absolute atomic E-state index is 0.100. The molecule has 1 aromatic carbocycles. The van der Waals surface area contributed by atoms with Gasteiger partial charge in [0.25, 0.3) is 0 Å². The van der Waals surface area contributed by atoms with E-state index in [4.69, 9.17) is 34.3 Å². The first-order valence-electron chi connectivity index (χ1n) is 11.0. The van der Waals surface area contributed by atoms with Crippen LogP contribution in [0.5, 0.6) is 0 Å². The molecule has 2 aliphatic rings. The Labute approximate surface area is 204 Å². The number of hydrogen-bond acceptors (Lipinski definition) is 6. The Balaban J connectivity index is 1.79. The summed E-state index contributed by atoms with van der Waals surface area (Å²) in [5.74, 6) is 0.797. The molecule has 3 rings (SSSR count). The maximum atomic E-state index is 13.4. The van der Waals surface area contributed by atoms with Crippen molar-refractivity contribution in [3.8, 4) is 0 Å². The van der Waals surface area contributed by atoms with Gasteiger partial charge in [0.1, 0.15) is 4.90 Å². The summed E-state index contributed by atoms with van der Waals surface area (Å²) in [6, 6.07) is 1.54. The zero-order valence-corrected chi connectivity index (χ0v) is 20.5. The fourth-order valence-corrected chi connectivity index (χ4v) is 6.90. The first-order chi connectivity index (χ1) is 15.7. The number of benzene rings is 1. The van der Waals surface area contributed by atoms with Crippen molar-refractivity contribution in [3.63, 3.8) is 0 Å². The maximum absolute atomic E-state index is 13.4. The van der Waals surface area contributed by atoms with Crippen LogP contribution in [0, 0.1) is 17.2 Å². The van der Waals surface area contributed by atoms with Gasteiger partial charge in [-0.15, -0.1) is 6.54 Å². The molecule has 1 saturated heterocycles. The molecule has 4 N–H and O–H groups in total. The molecule has 2 fully saturated rings. The second-order valence-electron chi connectivity index (χ2n) is 8.44. The highest BCUT2D eigenvalue weighted by Crippen LogP contribution is 2.36. The normalized spacial score (nSPS) is 22.1. The van der Waals surface area contributed by atoms with Crippen LogP contribution in [0.15, 0.2) is 22.1 Å². The molecule has 12 heteroatoms. The zero-order chi connectivity index (χ0) is 24.0. The van der Waals surface area contributed by atoms with Gasteiger partial charge in [0.15, 0.2) is 0 Å². The van der Waals surface area contributed by atoms with Crippen molar-refractivity contribution >= 4 is 57.2 Å². The van der Waals surface area contributed by atoms with Crippen LogP contribution in [0.25, 0.3) is 5.43 Å². The molecular formula is C21H29Cl2N6O3S-. The van der Waals surface area contributed by atoms with Crippen LogP contribution in [0.4, 0.5) is 5.69 Å². The number of piperidine rings is 1. The molecule has 33 heavy (non-hydrogen) atoms. The van der Waals surface area contributed by atoms with E-state index in [0.717, 1.165) is 25.5 Å². The number of carbonyl (C=O) groups is 1. The van der Waals surface area contributed by atoms with Crippen LogP contribution in [0.1, 0.15) is 38.5 Å². The lowest BCUT2D eigenvalue weighted by molar-refractivity contribution is -0.136. The van der Waals surface area contributed by atoms with E-state index in [1.807, 2.05) is 0 Å². The highest BCUT2D eigenvalue weighted by molar-refractivity contribution is 7.89. The molecule has 182 valence electrons. The lowest BCUT2D eigenvalue weighted by Gasteiger charge is -2.42. The van der Waals surface area contributed by atoms with Gasteiger partial charge in [0, 0.05) is 30.5 Å². The highest BCUT2D eigenvalue weighted by Gasteiger charge is 2.36. The van der Waals surface area contributed by atoms with Crippen molar-refractivity contribution in [2.45, 2.75) is 49.5 Å². The van der Waals surface area contributed by atoms with Crippen molar-refractivity contribution in [2.24, 2.45) is 16.9 Å². The lowest BCUT2D eigenvalue weighted by Crippen LogP contribution is -2.53. The number of hydrogen-bond donors (Lipinski definition) is 3. The third-order valence-electron chi connectivity index (χ3n) is 6.24. The molecule has 0 aromatic heterocycles. The van der Waals surface area contributed by atoms with E-state index in [2.05, 4.69) is 15.2 Å².